The van der Waals surface area contributed by atoms with Gasteiger partial charge in [-0.2, -0.15) is 0 Å². The van der Waals surface area contributed by atoms with Crippen LogP contribution in [-0.4, -0.2) is 0 Å². The third-order valence-corrected chi connectivity index (χ3v) is 4.73. The molecule has 0 radical (unpaired) electrons. The van der Waals surface area contributed by atoms with Crippen molar-refractivity contribution < 1.29 is 4.74 Å². The Hall–Kier alpha value is -4.12. The first-order valence-corrected chi connectivity index (χ1v) is 9.18. The van der Waals surface area contributed by atoms with Crippen LogP contribution in [0.2, 0.25) is 0 Å². The van der Waals surface area contributed by atoms with Gasteiger partial charge in [0, 0.05) is 33.9 Å². The highest BCUT2D eigenvalue weighted by molar-refractivity contribution is 5.80. The van der Waals surface area contributed by atoms with E-state index in [1.165, 1.54) is 0 Å². The fraction of sp³-hybridized carbons (Fsp3) is 0. The fourth-order valence-electron chi connectivity index (χ4n) is 3.16. The van der Waals surface area contributed by atoms with Crippen LogP contribution in [0.5, 0.6) is 11.5 Å². The van der Waals surface area contributed by atoms with Gasteiger partial charge in [-0.05, 0) is 71.8 Å². The van der Waals surface area contributed by atoms with Crippen molar-refractivity contribution in [3.8, 4) is 33.8 Å². The lowest BCUT2D eigenvalue weighted by Crippen LogP contribution is -1.94. The summed E-state index contributed by atoms with van der Waals surface area (Å²) in [5, 5.41) is 0. The zero-order chi connectivity index (χ0) is 20.4. The predicted molar refractivity (Wildman–Crippen MR) is 121 cm³/mol. The molecule has 0 saturated heterocycles. The van der Waals surface area contributed by atoms with Crippen molar-refractivity contribution in [2.24, 2.45) is 0 Å². The largest absolute Gasteiger partial charge is 0.457 e. The molecule has 0 unspecified atom stereocenters. The Morgan fingerprint density at radius 3 is 1.21 bits per heavy atom. The van der Waals surface area contributed by atoms with Crippen molar-refractivity contribution in [1.82, 2.24) is 0 Å². The number of rotatable bonds is 4. The SMILES string of the molecule is Nc1ccc(-c2cc(Oc3ccc(N)c(-c4ccc(N)cc4)c3)ccc2N)cc1. The van der Waals surface area contributed by atoms with Gasteiger partial charge < -0.3 is 27.7 Å². The second kappa shape index (κ2) is 7.48. The Morgan fingerprint density at radius 1 is 0.448 bits per heavy atom. The summed E-state index contributed by atoms with van der Waals surface area (Å²) in [7, 11) is 0. The molecule has 0 spiro atoms. The summed E-state index contributed by atoms with van der Waals surface area (Å²) in [5.41, 5.74) is 30.4. The molecule has 0 aliphatic heterocycles. The summed E-state index contributed by atoms with van der Waals surface area (Å²) >= 11 is 0. The van der Waals surface area contributed by atoms with Crippen LogP contribution < -0.4 is 27.7 Å². The average Bonchev–Trinajstić information content (AvgIpc) is 2.72. The van der Waals surface area contributed by atoms with Crippen LogP contribution in [0.25, 0.3) is 22.3 Å². The number of nitrogen functional groups attached to an aromatic ring is 4. The first-order chi connectivity index (χ1) is 14.0. The first kappa shape index (κ1) is 18.3. The Labute approximate surface area is 169 Å². The van der Waals surface area contributed by atoms with E-state index in [9.17, 15) is 0 Å². The number of benzene rings is 4. The molecule has 4 aromatic rings. The summed E-state index contributed by atoms with van der Waals surface area (Å²) in [6, 6.07) is 26.3. The molecule has 0 fully saturated rings. The Balaban J connectivity index is 1.66. The molecule has 8 N–H and O–H groups in total. The maximum atomic E-state index is 6.17. The molecule has 0 aliphatic rings. The van der Waals surface area contributed by atoms with Gasteiger partial charge in [-0.15, -0.1) is 0 Å². The van der Waals surface area contributed by atoms with Crippen LogP contribution in [0.1, 0.15) is 0 Å². The van der Waals surface area contributed by atoms with Crippen molar-refractivity contribution >= 4 is 22.7 Å². The normalized spacial score (nSPS) is 10.6. The fourth-order valence-corrected chi connectivity index (χ4v) is 3.16. The van der Waals surface area contributed by atoms with Gasteiger partial charge in [-0.1, -0.05) is 24.3 Å². The molecule has 144 valence electrons. The Morgan fingerprint density at radius 2 is 0.828 bits per heavy atom. The third kappa shape index (κ3) is 3.94. The van der Waals surface area contributed by atoms with Crippen LogP contribution in [0.3, 0.4) is 0 Å². The lowest BCUT2D eigenvalue weighted by Gasteiger charge is -2.13. The van der Waals surface area contributed by atoms with Crippen LogP contribution >= 0.6 is 0 Å². The van der Waals surface area contributed by atoms with E-state index in [1.807, 2.05) is 84.9 Å². The van der Waals surface area contributed by atoms with Crippen LogP contribution in [-0.2, 0) is 0 Å². The van der Waals surface area contributed by atoms with Crippen molar-refractivity contribution in [1.29, 1.82) is 0 Å². The van der Waals surface area contributed by atoms with Crippen LogP contribution in [0.4, 0.5) is 22.7 Å². The van der Waals surface area contributed by atoms with Gasteiger partial charge in [0.15, 0.2) is 0 Å². The number of hydrogen-bond acceptors (Lipinski definition) is 5. The van der Waals surface area contributed by atoms with Gasteiger partial charge in [0.1, 0.15) is 11.5 Å². The summed E-state index contributed by atoms with van der Waals surface area (Å²) in [6.07, 6.45) is 0. The van der Waals surface area contributed by atoms with E-state index in [2.05, 4.69) is 0 Å². The molecule has 0 saturated carbocycles. The quantitative estimate of drug-likeness (QED) is 0.365. The molecule has 0 bridgehead atoms. The van der Waals surface area contributed by atoms with Gasteiger partial charge in [-0.25, -0.2) is 0 Å². The molecule has 0 heterocycles. The predicted octanol–water partition coefficient (Wildman–Crippen LogP) is 5.14. The smallest absolute Gasteiger partial charge is 0.128 e. The molecular weight excluding hydrogens is 360 g/mol. The molecule has 0 atom stereocenters. The first-order valence-electron chi connectivity index (χ1n) is 9.18. The van der Waals surface area contributed by atoms with Gasteiger partial charge in [0.05, 0.1) is 0 Å². The maximum absolute atomic E-state index is 6.17. The van der Waals surface area contributed by atoms with Crippen molar-refractivity contribution in [2.45, 2.75) is 0 Å². The van der Waals surface area contributed by atoms with Crippen molar-refractivity contribution in [3.05, 3.63) is 84.9 Å². The number of hydrogen-bond donors (Lipinski definition) is 4. The number of ether oxygens (including phenoxy) is 1. The lowest BCUT2D eigenvalue weighted by molar-refractivity contribution is 0.483. The maximum Gasteiger partial charge on any atom is 0.128 e. The van der Waals surface area contributed by atoms with E-state index in [0.717, 1.165) is 22.3 Å². The molecular formula is C24H22N4O. The minimum Gasteiger partial charge on any atom is -0.457 e. The van der Waals surface area contributed by atoms with E-state index in [0.29, 0.717) is 34.2 Å². The van der Waals surface area contributed by atoms with Gasteiger partial charge in [0.2, 0.25) is 0 Å². The minimum absolute atomic E-state index is 0.669. The third-order valence-electron chi connectivity index (χ3n) is 4.73. The average molecular weight is 382 g/mol. The van der Waals surface area contributed by atoms with E-state index in [1.54, 1.807) is 0 Å². The summed E-state index contributed by atoms with van der Waals surface area (Å²) < 4.78 is 6.10. The summed E-state index contributed by atoms with van der Waals surface area (Å²) in [4.78, 5) is 0. The molecule has 5 nitrogen and oxygen atoms in total. The molecule has 0 aliphatic carbocycles. The second-order valence-electron chi connectivity index (χ2n) is 6.84. The Kier molecular flexibility index (Phi) is 4.71. The summed E-state index contributed by atoms with van der Waals surface area (Å²) in [6.45, 7) is 0. The second-order valence-corrected chi connectivity index (χ2v) is 6.84. The highest BCUT2D eigenvalue weighted by Gasteiger charge is 2.09. The highest BCUT2D eigenvalue weighted by atomic mass is 16.5. The molecule has 0 amide bonds. The zero-order valence-corrected chi connectivity index (χ0v) is 15.8. The molecule has 0 aromatic heterocycles. The monoisotopic (exact) mass is 382 g/mol. The number of anilines is 4. The van der Waals surface area contributed by atoms with E-state index < -0.39 is 0 Å². The standard InChI is InChI=1S/C24H22N4O/c25-17-5-1-15(2-6-17)21-13-19(9-11-23(21)27)29-20-10-12-24(28)22(14-20)16-3-7-18(26)8-4-16/h1-14H,25-28H2. The van der Waals surface area contributed by atoms with Gasteiger partial charge >= 0.3 is 0 Å². The number of nitrogens with two attached hydrogens (primary N) is 4. The molecule has 4 aromatic carbocycles. The molecule has 29 heavy (non-hydrogen) atoms. The van der Waals surface area contributed by atoms with Crippen molar-refractivity contribution in [3.63, 3.8) is 0 Å². The highest BCUT2D eigenvalue weighted by Crippen LogP contribution is 2.35. The van der Waals surface area contributed by atoms with Crippen molar-refractivity contribution in [2.75, 3.05) is 22.9 Å². The van der Waals surface area contributed by atoms with Crippen LogP contribution in [0.15, 0.2) is 84.9 Å². The van der Waals surface area contributed by atoms with Gasteiger partial charge in [0.25, 0.3) is 0 Å². The molecule has 4 rings (SSSR count). The Bertz CT molecular complexity index is 1060. The van der Waals surface area contributed by atoms with Gasteiger partial charge in [-0.3, -0.25) is 0 Å². The van der Waals surface area contributed by atoms with E-state index in [-0.39, 0.29) is 0 Å². The topological polar surface area (TPSA) is 113 Å². The summed E-state index contributed by atoms with van der Waals surface area (Å²) in [5.74, 6) is 1.36. The lowest BCUT2D eigenvalue weighted by atomic mass is 10.0. The van der Waals surface area contributed by atoms with E-state index >= 15 is 0 Å². The molecule has 5 heteroatoms. The zero-order valence-electron chi connectivity index (χ0n) is 15.8. The van der Waals surface area contributed by atoms with Crippen LogP contribution in [0, 0.1) is 0 Å². The minimum atomic E-state index is 0.669. The van der Waals surface area contributed by atoms with E-state index in [4.69, 9.17) is 27.7 Å².